The van der Waals surface area contributed by atoms with E-state index in [4.69, 9.17) is 4.74 Å². The largest absolute Gasteiger partial charge is 0.376 e. The molecule has 2 aliphatic heterocycles. The Bertz CT molecular complexity index is 1110. The number of rotatable bonds is 9. The molecule has 0 radical (unpaired) electrons. The molecule has 5 rings (SSSR count). The number of likely N-dealkylation sites (tertiary alicyclic amines) is 2. The number of thiazole rings is 1. The van der Waals surface area contributed by atoms with Crippen LogP contribution in [0.2, 0.25) is 0 Å². The Labute approximate surface area is 240 Å². The van der Waals surface area contributed by atoms with Crippen molar-refractivity contribution in [3.63, 3.8) is 0 Å². The van der Waals surface area contributed by atoms with Gasteiger partial charge in [-0.1, -0.05) is 33.1 Å². The smallest absolute Gasteiger partial charge is 0.282 e. The molecule has 1 spiro atoms. The van der Waals surface area contributed by atoms with Crippen molar-refractivity contribution in [2.24, 2.45) is 28.6 Å². The second-order valence-electron chi connectivity index (χ2n) is 13.0. The topological polar surface area (TPSA) is 121 Å². The lowest BCUT2D eigenvalue weighted by atomic mass is 9.70. The van der Waals surface area contributed by atoms with Crippen molar-refractivity contribution in [2.45, 2.75) is 71.4 Å². The van der Waals surface area contributed by atoms with Gasteiger partial charge in [0, 0.05) is 62.7 Å². The highest BCUT2D eigenvalue weighted by Crippen LogP contribution is 2.54. The SMILES string of the molecule is CNC(=O)[C@@H](NC(=O)[C@H]1CN(C(=O)c2nccs2)CC12CN(C(=O)[C@H]1CC1(C)C)C2)[C@@H](C)OCC1CCCCC1. The zero-order valence-corrected chi connectivity index (χ0v) is 24.9. The molecule has 1 aromatic rings. The van der Waals surface area contributed by atoms with Gasteiger partial charge in [-0.3, -0.25) is 19.2 Å². The fourth-order valence-electron chi connectivity index (χ4n) is 6.79. The number of nitrogens with one attached hydrogen (secondary N) is 2. The van der Waals surface area contributed by atoms with Gasteiger partial charge in [0.15, 0.2) is 5.01 Å². The van der Waals surface area contributed by atoms with Gasteiger partial charge in [-0.2, -0.15) is 0 Å². The van der Waals surface area contributed by atoms with E-state index in [1.807, 2.05) is 11.8 Å². The quantitative estimate of drug-likeness (QED) is 0.468. The summed E-state index contributed by atoms with van der Waals surface area (Å²) in [7, 11) is 1.55. The minimum atomic E-state index is -0.855. The summed E-state index contributed by atoms with van der Waals surface area (Å²) in [6, 6.07) is -0.855. The average Bonchev–Trinajstić information content (AvgIpc) is 3.30. The van der Waals surface area contributed by atoms with Gasteiger partial charge < -0.3 is 25.2 Å². The summed E-state index contributed by atoms with van der Waals surface area (Å²) in [6.45, 7) is 8.05. The summed E-state index contributed by atoms with van der Waals surface area (Å²) < 4.78 is 6.13. The van der Waals surface area contributed by atoms with Gasteiger partial charge in [0.2, 0.25) is 17.7 Å². The zero-order valence-electron chi connectivity index (χ0n) is 24.1. The summed E-state index contributed by atoms with van der Waals surface area (Å²) >= 11 is 1.27. The minimum Gasteiger partial charge on any atom is -0.376 e. The predicted octanol–water partition coefficient (Wildman–Crippen LogP) is 2.31. The van der Waals surface area contributed by atoms with Crippen LogP contribution in [0.15, 0.2) is 11.6 Å². The fourth-order valence-corrected chi connectivity index (χ4v) is 7.39. The van der Waals surface area contributed by atoms with E-state index in [2.05, 4.69) is 29.5 Å². The van der Waals surface area contributed by atoms with E-state index < -0.39 is 23.5 Å². The minimum absolute atomic E-state index is 0.0198. The molecule has 4 amide bonds. The highest BCUT2D eigenvalue weighted by molar-refractivity contribution is 7.11. The first-order chi connectivity index (χ1) is 19.0. The Balaban J connectivity index is 1.28. The second kappa shape index (κ2) is 11.4. The lowest BCUT2D eigenvalue weighted by molar-refractivity contribution is -0.152. The third-order valence-electron chi connectivity index (χ3n) is 9.62. The third-order valence-corrected chi connectivity index (χ3v) is 10.4. The third kappa shape index (κ3) is 5.77. The van der Waals surface area contributed by atoms with Gasteiger partial charge >= 0.3 is 0 Å². The summed E-state index contributed by atoms with van der Waals surface area (Å²) in [5, 5.41) is 7.78. The number of carbonyl (C=O) groups excluding carboxylic acids is 4. The van der Waals surface area contributed by atoms with E-state index >= 15 is 0 Å². The van der Waals surface area contributed by atoms with Gasteiger partial charge in [-0.05, 0) is 37.5 Å². The highest BCUT2D eigenvalue weighted by atomic mass is 32.1. The van der Waals surface area contributed by atoms with Crippen molar-refractivity contribution in [2.75, 3.05) is 39.8 Å². The molecule has 2 saturated carbocycles. The highest BCUT2D eigenvalue weighted by Gasteiger charge is 2.62. The molecule has 0 unspecified atom stereocenters. The van der Waals surface area contributed by atoms with Gasteiger partial charge in [0.25, 0.3) is 5.91 Å². The van der Waals surface area contributed by atoms with E-state index in [9.17, 15) is 19.2 Å². The summed E-state index contributed by atoms with van der Waals surface area (Å²) in [5.74, 6) is -0.714. The van der Waals surface area contributed by atoms with Crippen molar-refractivity contribution < 1.29 is 23.9 Å². The molecular formula is C29H43N5O5S. The summed E-state index contributed by atoms with van der Waals surface area (Å²) in [5.41, 5.74) is -0.529. The van der Waals surface area contributed by atoms with Crippen LogP contribution in [0.3, 0.4) is 0 Å². The first-order valence-corrected chi connectivity index (χ1v) is 15.5. The number of carbonyl (C=O) groups is 4. The Morgan fingerprint density at radius 3 is 2.38 bits per heavy atom. The maximum absolute atomic E-state index is 13.9. The summed E-state index contributed by atoms with van der Waals surface area (Å²) in [6.07, 6.45) is 7.89. The average molecular weight is 574 g/mol. The van der Waals surface area contributed by atoms with Gasteiger partial charge in [0.05, 0.1) is 12.0 Å². The van der Waals surface area contributed by atoms with Crippen molar-refractivity contribution in [3.05, 3.63) is 16.6 Å². The molecule has 2 aliphatic carbocycles. The van der Waals surface area contributed by atoms with Crippen LogP contribution in [0.4, 0.5) is 0 Å². The zero-order chi connectivity index (χ0) is 28.7. The molecule has 0 aromatic carbocycles. The molecule has 40 heavy (non-hydrogen) atoms. The molecule has 4 atom stereocenters. The normalized spacial score (nSPS) is 26.6. The van der Waals surface area contributed by atoms with E-state index in [-0.39, 0.29) is 41.5 Å². The molecule has 10 nitrogen and oxygen atoms in total. The fraction of sp³-hybridized carbons (Fsp3) is 0.759. The molecule has 3 heterocycles. The molecule has 4 fully saturated rings. The number of aromatic nitrogens is 1. The van der Waals surface area contributed by atoms with Crippen LogP contribution < -0.4 is 10.6 Å². The predicted molar refractivity (Wildman–Crippen MR) is 150 cm³/mol. The molecular weight excluding hydrogens is 530 g/mol. The number of amides is 4. The molecule has 11 heteroatoms. The number of nitrogens with zero attached hydrogens (tertiary/aromatic N) is 3. The Morgan fingerprint density at radius 1 is 1.10 bits per heavy atom. The Kier molecular flexibility index (Phi) is 8.25. The molecule has 2 saturated heterocycles. The molecule has 220 valence electrons. The lowest BCUT2D eigenvalue weighted by Crippen LogP contribution is -2.65. The number of likely N-dealkylation sites (N-methyl/N-ethyl adjacent to an activating group) is 1. The number of hydrogen-bond donors (Lipinski definition) is 2. The van der Waals surface area contributed by atoms with Gasteiger partial charge in [0.1, 0.15) is 6.04 Å². The van der Waals surface area contributed by atoms with Crippen molar-refractivity contribution in [1.29, 1.82) is 0 Å². The Morgan fingerprint density at radius 2 is 1.77 bits per heavy atom. The molecule has 1 aromatic heterocycles. The van der Waals surface area contributed by atoms with Crippen LogP contribution in [-0.2, 0) is 19.1 Å². The van der Waals surface area contributed by atoms with Crippen LogP contribution in [0.1, 0.15) is 69.1 Å². The number of hydrogen-bond acceptors (Lipinski definition) is 7. The van der Waals surface area contributed by atoms with E-state index in [0.717, 1.165) is 19.3 Å². The van der Waals surface area contributed by atoms with E-state index in [1.165, 1.54) is 30.6 Å². The van der Waals surface area contributed by atoms with Crippen LogP contribution in [0.25, 0.3) is 0 Å². The molecule has 0 bridgehead atoms. The monoisotopic (exact) mass is 573 g/mol. The van der Waals surface area contributed by atoms with Crippen LogP contribution in [-0.4, -0.2) is 90.4 Å². The Hall–Kier alpha value is -2.53. The number of ether oxygens (including phenoxy) is 1. The second-order valence-corrected chi connectivity index (χ2v) is 13.9. The summed E-state index contributed by atoms with van der Waals surface area (Å²) in [4.78, 5) is 60.8. The maximum Gasteiger partial charge on any atom is 0.282 e. The maximum atomic E-state index is 13.9. The van der Waals surface area contributed by atoms with Crippen LogP contribution in [0, 0.1) is 28.6 Å². The van der Waals surface area contributed by atoms with E-state index in [1.54, 1.807) is 23.5 Å². The first-order valence-electron chi connectivity index (χ1n) is 14.7. The van der Waals surface area contributed by atoms with Crippen molar-refractivity contribution >= 4 is 35.0 Å². The van der Waals surface area contributed by atoms with Crippen molar-refractivity contribution in [3.8, 4) is 0 Å². The standard InChI is InChI=1S/C29H43N5O5S/c1-18(39-14-19-8-6-5-7-9-19)22(24(36)30-4)32-23(35)21-13-33(27(38)25-31-10-11-40-25)15-29(21)16-34(17-29)26(37)20-12-28(20,2)3/h10-11,18-22H,5-9,12-17H2,1-4H3,(H,30,36)(H,32,35)/t18-,20-,21-,22+/m1/s1. The first kappa shape index (κ1) is 29.0. The lowest BCUT2D eigenvalue weighted by Gasteiger charge is -2.50. The van der Waals surface area contributed by atoms with Crippen LogP contribution in [0.5, 0.6) is 0 Å². The van der Waals surface area contributed by atoms with Crippen molar-refractivity contribution in [1.82, 2.24) is 25.4 Å². The van der Waals surface area contributed by atoms with Gasteiger partial charge in [-0.15, -0.1) is 11.3 Å². The van der Waals surface area contributed by atoms with Crippen LogP contribution >= 0.6 is 11.3 Å². The molecule has 2 N–H and O–H groups in total. The van der Waals surface area contributed by atoms with Gasteiger partial charge in [-0.25, -0.2) is 4.98 Å². The molecule has 4 aliphatic rings. The van der Waals surface area contributed by atoms with E-state index in [0.29, 0.717) is 37.2 Å².